The predicted octanol–water partition coefficient (Wildman–Crippen LogP) is 2.01. The second kappa shape index (κ2) is 3.98. The molecule has 0 radical (unpaired) electrons. The van der Waals surface area contributed by atoms with Crippen LogP contribution >= 0.6 is 0 Å². The number of carbonyl (C=O) groups excluding carboxylic acids is 2. The monoisotopic (exact) mass is 299 g/mol. The van der Waals surface area contributed by atoms with Crippen molar-refractivity contribution < 1.29 is 9.59 Å². The molecular weight excluding hydrogens is 289 g/mol. The molecule has 0 fully saturated rings. The highest BCUT2D eigenvalue weighted by molar-refractivity contribution is 6.43. The molecule has 0 saturated carbocycles. The minimum absolute atomic E-state index is 0.259. The SMILES string of the molecule is BN1C(=O)c2c(c3c4ccccc4[nH]c3c3ncccc23)C1=O. The van der Waals surface area contributed by atoms with Gasteiger partial charge < -0.3 is 9.79 Å². The second-order valence-electron chi connectivity index (χ2n) is 5.74. The highest BCUT2D eigenvalue weighted by Gasteiger charge is 2.37. The van der Waals surface area contributed by atoms with E-state index in [4.69, 9.17) is 0 Å². The lowest BCUT2D eigenvalue weighted by molar-refractivity contribution is 0.0767. The Bertz CT molecular complexity index is 1180. The summed E-state index contributed by atoms with van der Waals surface area (Å²) >= 11 is 0. The summed E-state index contributed by atoms with van der Waals surface area (Å²) in [6.45, 7) is 0. The van der Waals surface area contributed by atoms with Crippen molar-refractivity contribution in [1.29, 1.82) is 0 Å². The van der Waals surface area contributed by atoms with E-state index in [-0.39, 0.29) is 11.8 Å². The number of aromatic nitrogens is 2. The number of nitrogens with zero attached hydrogens (tertiary/aromatic N) is 2. The average molecular weight is 299 g/mol. The molecule has 5 nitrogen and oxygen atoms in total. The first-order valence-corrected chi connectivity index (χ1v) is 7.32. The van der Waals surface area contributed by atoms with Gasteiger partial charge in [-0.3, -0.25) is 14.6 Å². The third kappa shape index (κ3) is 1.36. The molecular formula is C17H10BN3O2. The van der Waals surface area contributed by atoms with Gasteiger partial charge in [-0.15, -0.1) is 0 Å². The third-order valence-electron chi connectivity index (χ3n) is 4.56. The maximum Gasteiger partial charge on any atom is 0.249 e. The van der Waals surface area contributed by atoms with Crippen molar-refractivity contribution in [3.05, 3.63) is 53.7 Å². The zero-order valence-corrected chi connectivity index (χ0v) is 12.3. The molecule has 6 heteroatoms. The van der Waals surface area contributed by atoms with Gasteiger partial charge in [-0.05, 0) is 12.1 Å². The number of imide groups is 1. The van der Waals surface area contributed by atoms with Gasteiger partial charge in [0, 0.05) is 27.9 Å². The molecule has 0 unspecified atom stereocenters. The van der Waals surface area contributed by atoms with Crippen LogP contribution in [0, 0.1) is 0 Å². The van der Waals surface area contributed by atoms with Gasteiger partial charge in [-0.25, -0.2) is 0 Å². The van der Waals surface area contributed by atoms with Gasteiger partial charge >= 0.3 is 0 Å². The minimum atomic E-state index is -0.268. The average Bonchev–Trinajstić information content (AvgIpc) is 3.07. The van der Waals surface area contributed by atoms with Gasteiger partial charge in [-0.1, -0.05) is 24.3 Å². The van der Waals surface area contributed by atoms with Crippen LogP contribution in [0.3, 0.4) is 0 Å². The molecule has 0 spiro atoms. The highest BCUT2D eigenvalue weighted by atomic mass is 16.2. The molecule has 1 aliphatic rings. The number of nitrogens with one attached hydrogen (secondary N) is 1. The number of fused-ring (bicyclic) bond motifs is 8. The van der Waals surface area contributed by atoms with Crippen LogP contribution in [0.1, 0.15) is 20.7 Å². The Kier molecular flexibility index (Phi) is 2.15. The predicted molar refractivity (Wildman–Crippen MR) is 90.1 cm³/mol. The van der Waals surface area contributed by atoms with E-state index in [0.717, 1.165) is 21.8 Å². The van der Waals surface area contributed by atoms with E-state index in [2.05, 4.69) is 9.97 Å². The molecule has 2 aromatic carbocycles. The summed E-state index contributed by atoms with van der Waals surface area (Å²) in [4.78, 5) is 34.3. The fourth-order valence-corrected chi connectivity index (χ4v) is 3.51. The Morgan fingerprint density at radius 3 is 2.57 bits per heavy atom. The second-order valence-corrected chi connectivity index (χ2v) is 5.74. The van der Waals surface area contributed by atoms with E-state index in [0.29, 0.717) is 22.0 Å². The summed E-state index contributed by atoms with van der Waals surface area (Å²) in [5.41, 5.74) is 3.38. The summed E-state index contributed by atoms with van der Waals surface area (Å²) in [5.74, 6) is -0.527. The zero-order chi connectivity index (χ0) is 15.7. The summed E-state index contributed by atoms with van der Waals surface area (Å²) in [6.07, 6.45) is 1.70. The van der Waals surface area contributed by atoms with Gasteiger partial charge in [-0.2, -0.15) is 0 Å². The number of hydrogen-bond acceptors (Lipinski definition) is 3. The lowest BCUT2D eigenvalue weighted by Gasteiger charge is -2.04. The van der Waals surface area contributed by atoms with E-state index in [1.165, 1.54) is 12.8 Å². The normalized spacial score (nSPS) is 14.3. The molecule has 2 aromatic heterocycles. The topological polar surface area (TPSA) is 66.1 Å². The van der Waals surface area contributed by atoms with E-state index >= 15 is 0 Å². The first-order chi connectivity index (χ1) is 11.2. The molecule has 108 valence electrons. The van der Waals surface area contributed by atoms with Crippen molar-refractivity contribution in [2.75, 3.05) is 0 Å². The van der Waals surface area contributed by atoms with Gasteiger partial charge in [0.05, 0.1) is 22.2 Å². The van der Waals surface area contributed by atoms with Crippen LogP contribution in [0.15, 0.2) is 42.6 Å². The van der Waals surface area contributed by atoms with Crippen LogP contribution in [0.25, 0.3) is 32.7 Å². The number of pyridine rings is 1. The van der Waals surface area contributed by atoms with Crippen molar-refractivity contribution in [3.8, 4) is 0 Å². The first kappa shape index (κ1) is 12.4. The molecule has 5 rings (SSSR count). The molecule has 2 amide bonds. The maximum atomic E-state index is 12.7. The number of H-pyrrole nitrogens is 1. The zero-order valence-electron chi connectivity index (χ0n) is 12.3. The number of amides is 2. The maximum absolute atomic E-state index is 12.7. The smallest absolute Gasteiger partial charge is 0.249 e. The summed E-state index contributed by atoms with van der Waals surface area (Å²) in [5, 5.41) is 2.43. The van der Waals surface area contributed by atoms with Crippen LogP contribution in [0.5, 0.6) is 0 Å². The van der Waals surface area contributed by atoms with Gasteiger partial charge in [0.2, 0.25) is 19.8 Å². The number of rotatable bonds is 0. The summed E-state index contributed by atoms with van der Waals surface area (Å²) in [7, 11) is 1.52. The molecule has 4 aromatic rings. The van der Waals surface area contributed by atoms with Crippen LogP contribution < -0.4 is 0 Å². The minimum Gasteiger partial charge on any atom is -0.353 e. The van der Waals surface area contributed by atoms with Crippen molar-refractivity contribution in [2.24, 2.45) is 0 Å². The fourth-order valence-electron chi connectivity index (χ4n) is 3.51. The van der Waals surface area contributed by atoms with Crippen molar-refractivity contribution >= 4 is 52.5 Å². The number of hydrogen-bond donors (Lipinski definition) is 1. The highest BCUT2D eigenvalue weighted by Crippen LogP contribution is 2.39. The van der Waals surface area contributed by atoms with E-state index in [9.17, 15) is 9.59 Å². The Morgan fingerprint density at radius 2 is 1.70 bits per heavy atom. The molecule has 0 saturated heterocycles. The molecule has 0 atom stereocenters. The molecule has 1 aliphatic heterocycles. The Hall–Kier alpha value is -3.15. The molecule has 1 N–H and O–H groups in total. The van der Waals surface area contributed by atoms with Crippen molar-refractivity contribution in [2.45, 2.75) is 0 Å². The Morgan fingerprint density at radius 1 is 0.957 bits per heavy atom. The van der Waals surface area contributed by atoms with Crippen LogP contribution in [0.2, 0.25) is 0 Å². The first-order valence-electron chi connectivity index (χ1n) is 7.32. The van der Waals surface area contributed by atoms with E-state index in [1.807, 2.05) is 30.3 Å². The standard InChI is InChI=1S/C17H10BN3O2/c18-21-16(22)12-9-5-3-7-19-14(9)15-11(13(12)17(21)23)8-4-1-2-6-10(8)20-15/h1-7,20H,18H2. The Labute approximate surface area is 131 Å². The van der Waals surface area contributed by atoms with Gasteiger partial charge in [0.25, 0.3) is 0 Å². The number of para-hydroxylation sites is 1. The van der Waals surface area contributed by atoms with Gasteiger partial charge in [0.1, 0.15) is 0 Å². The largest absolute Gasteiger partial charge is 0.353 e. The number of carbonyl (C=O) groups is 2. The van der Waals surface area contributed by atoms with Crippen LogP contribution in [0.4, 0.5) is 0 Å². The Balaban J connectivity index is 2.17. The summed E-state index contributed by atoms with van der Waals surface area (Å²) in [6, 6.07) is 11.4. The third-order valence-corrected chi connectivity index (χ3v) is 4.56. The van der Waals surface area contributed by atoms with Crippen molar-refractivity contribution in [1.82, 2.24) is 14.8 Å². The fraction of sp³-hybridized carbons (Fsp3) is 0. The molecule has 0 aliphatic carbocycles. The molecule has 3 heterocycles. The van der Waals surface area contributed by atoms with E-state index in [1.54, 1.807) is 12.3 Å². The van der Waals surface area contributed by atoms with E-state index < -0.39 is 0 Å². The number of aromatic amines is 1. The lowest BCUT2D eigenvalue weighted by atomic mass is 9.97. The summed E-state index contributed by atoms with van der Waals surface area (Å²) < 4.78 is 0. The van der Waals surface area contributed by atoms with Gasteiger partial charge in [0.15, 0.2) is 0 Å². The van der Waals surface area contributed by atoms with Crippen LogP contribution in [-0.4, -0.2) is 34.6 Å². The molecule has 0 bridgehead atoms. The lowest BCUT2D eigenvalue weighted by Crippen LogP contribution is -2.26. The van der Waals surface area contributed by atoms with Crippen LogP contribution in [-0.2, 0) is 0 Å². The number of benzene rings is 2. The van der Waals surface area contributed by atoms with Crippen molar-refractivity contribution in [3.63, 3.8) is 0 Å². The quantitative estimate of drug-likeness (QED) is 0.399. The molecule has 23 heavy (non-hydrogen) atoms.